The summed E-state index contributed by atoms with van der Waals surface area (Å²) in [6.45, 7) is 9.88. The van der Waals surface area contributed by atoms with Gasteiger partial charge in [0.25, 0.3) is 0 Å². The number of nitrogens with zero attached hydrogens (tertiary/aromatic N) is 1. The van der Waals surface area contributed by atoms with E-state index in [0.717, 1.165) is 19.5 Å². The van der Waals surface area contributed by atoms with Crippen LogP contribution in [0.25, 0.3) is 0 Å². The normalized spacial score (nSPS) is 28.8. The third-order valence-electron chi connectivity index (χ3n) is 4.75. The lowest BCUT2D eigenvalue weighted by atomic mass is 10.1. The number of nitrogens with one attached hydrogen (secondary N) is 1. The van der Waals surface area contributed by atoms with Crippen molar-refractivity contribution in [2.24, 2.45) is 5.92 Å². The van der Waals surface area contributed by atoms with E-state index in [0.29, 0.717) is 12.0 Å². The molecular formula is C18H26N2O2. The zero-order valence-electron chi connectivity index (χ0n) is 13.9. The van der Waals surface area contributed by atoms with Crippen LogP contribution in [-0.2, 0) is 4.74 Å². The monoisotopic (exact) mass is 302 g/mol. The molecule has 2 fully saturated rings. The number of ether oxygens (including phenoxy) is 1. The first-order valence-corrected chi connectivity index (χ1v) is 8.09. The van der Waals surface area contributed by atoms with Crippen molar-refractivity contribution in [1.82, 2.24) is 10.2 Å². The minimum atomic E-state index is -0.444. The van der Waals surface area contributed by atoms with E-state index in [1.807, 2.05) is 26.8 Å². The summed E-state index contributed by atoms with van der Waals surface area (Å²) in [4.78, 5) is 14.5. The fourth-order valence-electron chi connectivity index (χ4n) is 3.46. The molecule has 1 unspecified atom stereocenters. The Hall–Kier alpha value is -1.55. The van der Waals surface area contributed by atoms with Crippen molar-refractivity contribution in [3.63, 3.8) is 0 Å². The van der Waals surface area contributed by atoms with Crippen LogP contribution in [0.15, 0.2) is 30.3 Å². The first-order chi connectivity index (χ1) is 10.3. The summed E-state index contributed by atoms with van der Waals surface area (Å²) in [5.41, 5.74) is 0.822. The van der Waals surface area contributed by atoms with E-state index in [4.69, 9.17) is 4.74 Å². The van der Waals surface area contributed by atoms with Gasteiger partial charge in [0.1, 0.15) is 5.60 Å². The lowest BCUT2D eigenvalue weighted by Gasteiger charge is -2.28. The van der Waals surface area contributed by atoms with Crippen molar-refractivity contribution in [2.75, 3.05) is 13.1 Å². The second-order valence-electron chi connectivity index (χ2n) is 7.70. The van der Waals surface area contributed by atoms with Crippen molar-refractivity contribution >= 4 is 6.09 Å². The van der Waals surface area contributed by atoms with Gasteiger partial charge in [-0.3, -0.25) is 4.90 Å². The highest BCUT2D eigenvalue weighted by molar-refractivity contribution is 5.70. The van der Waals surface area contributed by atoms with Gasteiger partial charge in [0, 0.05) is 19.1 Å². The molecule has 1 amide bonds. The quantitative estimate of drug-likeness (QED) is 0.931. The van der Waals surface area contributed by atoms with Crippen LogP contribution >= 0.6 is 0 Å². The van der Waals surface area contributed by atoms with E-state index in [1.165, 1.54) is 5.56 Å². The Bertz CT molecular complexity index is 552. The largest absolute Gasteiger partial charge is 0.444 e. The first-order valence-electron chi connectivity index (χ1n) is 8.09. The van der Waals surface area contributed by atoms with E-state index in [2.05, 4.69) is 41.4 Å². The average molecular weight is 302 g/mol. The minimum Gasteiger partial charge on any atom is -0.444 e. The highest BCUT2D eigenvalue weighted by Crippen LogP contribution is 2.51. The summed E-state index contributed by atoms with van der Waals surface area (Å²) in [6, 6.07) is 10.9. The highest BCUT2D eigenvalue weighted by atomic mass is 16.6. The molecule has 2 aliphatic rings. The maximum Gasteiger partial charge on any atom is 0.408 e. The number of piperidine rings is 1. The molecular weight excluding hydrogens is 276 g/mol. The van der Waals surface area contributed by atoms with Crippen LogP contribution in [0.5, 0.6) is 0 Å². The summed E-state index contributed by atoms with van der Waals surface area (Å²) < 4.78 is 5.40. The highest BCUT2D eigenvalue weighted by Gasteiger charge is 2.61. The molecule has 0 bridgehead atoms. The van der Waals surface area contributed by atoms with Crippen molar-refractivity contribution in [3.05, 3.63) is 35.9 Å². The smallest absolute Gasteiger partial charge is 0.408 e. The van der Waals surface area contributed by atoms with Gasteiger partial charge in [-0.1, -0.05) is 30.3 Å². The number of fused-ring (bicyclic) bond motifs is 1. The van der Waals surface area contributed by atoms with E-state index in [-0.39, 0.29) is 11.6 Å². The number of likely N-dealkylation sites (tertiary alicyclic amines) is 1. The Kier molecular flexibility index (Phi) is 3.68. The van der Waals surface area contributed by atoms with Gasteiger partial charge in [0.2, 0.25) is 0 Å². The molecule has 4 nitrogen and oxygen atoms in total. The summed E-state index contributed by atoms with van der Waals surface area (Å²) in [7, 11) is 0. The van der Waals surface area contributed by atoms with Gasteiger partial charge in [-0.2, -0.15) is 0 Å². The summed E-state index contributed by atoms with van der Waals surface area (Å²) >= 11 is 0. The number of hydrogen-bond donors (Lipinski definition) is 1. The summed E-state index contributed by atoms with van der Waals surface area (Å²) in [6.07, 6.45) is 0.786. The third-order valence-corrected chi connectivity index (χ3v) is 4.75. The molecule has 1 N–H and O–H groups in total. The van der Waals surface area contributed by atoms with Crippen LogP contribution in [0, 0.1) is 5.92 Å². The van der Waals surface area contributed by atoms with E-state index in [1.54, 1.807) is 0 Å². The molecule has 0 spiro atoms. The predicted octanol–water partition coefficient (Wildman–Crippen LogP) is 3.35. The molecule has 1 aromatic rings. The third kappa shape index (κ3) is 3.12. The molecule has 1 heterocycles. The van der Waals surface area contributed by atoms with Crippen molar-refractivity contribution < 1.29 is 9.53 Å². The molecule has 1 aromatic carbocycles. The second kappa shape index (κ2) is 5.27. The average Bonchev–Trinajstić information content (AvgIpc) is 2.96. The van der Waals surface area contributed by atoms with Crippen molar-refractivity contribution in [2.45, 2.75) is 51.3 Å². The molecule has 1 saturated carbocycles. The number of amides is 1. The number of carbonyl (C=O) groups is 1. The minimum absolute atomic E-state index is 0.0641. The van der Waals surface area contributed by atoms with Crippen LogP contribution in [0.3, 0.4) is 0 Å². The molecule has 3 atom stereocenters. The zero-order chi connectivity index (χ0) is 16.0. The van der Waals surface area contributed by atoms with E-state index in [9.17, 15) is 4.79 Å². The van der Waals surface area contributed by atoms with Gasteiger partial charge in [-0.05, 0) is 45.6 Å². The lowest BCUT2D eigenvalue weighted by molar-refractivity contribution is 0.0489. The molecule has 4 heteroatoms. The van der Waals surface area contributed by atoms with Gasteiger partial charge in [0.05, 0.1) is 5.54 Å². The Morgan fingerprint density at radius 2 is 2.05 bits per heavy atom. The zero-order valence-corrected chi connectivity index (χ0v) is 13.9. The van der Waals surface area contributed by atoms with Crippen LogP contribution < -0.4 is 5.32 Å². The fraction of sp³-hybridized carbons (Fsp3) is 0.611. The van der Waals surface area contributed by atoms with Crippen LogP contribution in [0.4, 0.5) is 4.79 Å². The van der Waals surface area contributed by atoms with Crippen molar-refractivity contribution in [3.8, 4) is 0 Å². The Balaban J connectivity index is 1.60. The molecule has 22 heavy (non-hydrogen) atoms. The van der Waals surface area contributed by atoms with Crippen LogP contribution in [0.1, 0.15) is 45.7 Å². The molecule has 0 aromatic heterocycles. The van der Waals surface area contributed by atoms with E-state index >= 15 is 0 Å². The maximum absolute atomic E-state index is 12.0. The molecule has 1 aliphatic heterocycles. The van der Waals surface area contributed by atoms with Gasteiger partial charge >= 0.3 is 6.09 Å². The first kappa shape index (κ1) is 15.3. The van der Waals surface area contributed by atoms with Gasteiger partial charge in [0.15, 0.2) is 0 Å². The Morgan fingerprint density at radius 3 is 2.68 bits per heavy atom. The predicted molar refractivity (Wildman–Crippen MR) is 86.6 cm³/mol. The van der Waals surface area contributed by atoms with Gasteiger partial charge in [-0.25, -0.2) is 4.79 Å². The molecule has 120 valence electrons. The topological polar surface area (TPSA) is 41.6 Å². The number of hydrogen-bond acceptors (Lipinski definition) is 3. The molecule has 1 saturated heterocycles. The summed E-state index contributed by atoms with van der Waals surface area (Å²) in [5.74, 6) is 0.561. The van der Waals surface area contributed by atoms with Crippen LogP contribution in [-0.4, -0.2) is 35.2 Å². The second-order valence-corrected chi connectivity index (χ2v) is 7.70. The lowest BCUT2D eigenvalue weighted by Crippen LogP contribution is -2.44. The van der Waals surface area contributed by atoms with E-state index < -0.39 is 5.60 Å². The van der Waals surface area contributed by atoms with Crippen molar-refractivity contribution in [1.29, 1.82) is 0 Å². The number of benzene rings is 1. The van der Waals surface area contributed by atoms with Gasteiger partial charge in [-0.15, -0.1) is 0 Å². The maximum atomic E-state index is 12.0. The van der Waals surface area contributed by atoms with Gasteiger partial charge < -0.3 is 10.1 Å². The Labute approximate surface area is 132 Å². The molecule has 1 aliphatic carbocycles. The molecule has 0 radical (unpaired) electrons. The fourth-order valence-corrected chi connectivity index (χ4v) is 3.46. The Morgan fingerprint density at radius 1 is 1.36 bits per heavy atom. The summed E-state index contributed by atoms with van der Waals surface area (Å²) in [5, 5.41) is 3.12. The number of rotatable bonds is 3. The number of alkyl carbamates (subject to hydrolysis) is 1. The number of carbonyl (C=O) groups excluding carboxylic acids is 1. The standard InChI is InChI=1S/C18H26N2O2/c1-13(14-8-6-5-7-9-14)20-11-15-10-18(15,12-20)19-16(21)22-17(2,3)4/h5-9,13,15H,10-12H2,1-4H3,(H,19,21)/t13-,15?,18-/m0/s1. The van der Waals surface area contributed by atoms with Crippen LogP contribution in [0.2, 0.25) is 0 Å². The molecule has 3 rings (SSSR count). The SMILES string of the molecule is C[C@@H](c1ccccc1)N1CC2C[C@]2(NC(=O)OC(C)(C)C)C1.